The predicted molar refractivity (Wildman–Crippen MR) is 348 cm³/mol. The van der Waals surface area contributed by atoms with Crippen LogP contribution in [0.4, 0.5) is 0 Å². The van der Waals surface area contributed by atoms with Gasteiger partial charge in [0.1, 0.15) is 0 Å². The van der Waals surface area contributed by atoms with Crippen molar-refractivity contribution in [2.45, 2.75) is 0 Å². The predicted octanol–water partition coefficient (Wildman–Crippen LogP) is 25.6. The van der Waals surface area contributed by atoms with Crippen molar-refractivity contribution in [2.75, 3.05) is 0 Å². The van der Waals surface area contributed by atoms with E-state index in [1.165, 1.54) is 4.22 Å². The molecule has 688 valence electrons. The Morgan fingerprint density at radius 3 is 0.161 bits per heavy atom. The molecule has 0 saturated carbocycles. The first-order valence-electron chi connectivity index (χ1n) is 27.3. The first kappa shape index (κ1) is 111. The lowest BCUT2D eigenvalue weighted by molar-refractivity contribution is 0.722. The van der Waals surface area contributed by atoms with Gasteiger partial charge in [0.2, 0.25) is 0 Å². The molecule has 0 rings (SSSR count). The quantitative estimate of drug-likeness (QED) is 0.0257. The molecule has 1 N–H and O–H groups in total. The normalized spacial score (nSPS) is 15.7. The van der Waals surface area contributed by atoms with Gasteiger partial charge in [-0.3, -0.25) is 0 Å². The summed E-state index contributed by atoms with van der Waals surface area (Å²) in [5.74, 6) is 0. The summed E-state index contributed by atoms with van der Waals surface area (Å²) in [5.41, 5.74) is 6.28. The van der Waals surface area contributed by atoms with Gasteiger partial charge in [0.15, 0.2) is 0 Å². The van der Waals surface area contributed by atoms with Crippen LogP contribution in [0.3, 0.4) is 0 Å². The van der Waals surface area contributed by atoms with Crippen LogP contribution in [0.2, 0.25) is 0 Å². The molecule has 0 aromatic heterocycles. The van der Waals surface area contributed by atoms with E-state index in [0.717, 1.165) is 0 Å². The van der Waals surface area contributed by atoms with E-state index in [-0.39, 0.29) is 0 Å². The van der Waals surface area contributed by atoms with Crippen molar-refractivity contribution in [3.8, 4) is 0 Å². The maximum absolute atomic E-state index is 6.28. The molecule has 137 heavy (non-hydrogen) atoms. The second-order valence-electron chi connectivity index (χ2n) is 12.1. The maximum atomic E-state index is 6.28. The third-order valence-electron chi connectivity index (χ3n) is 5.38. The maximum Gasteiger partial charge on any atom is 0.0897 e. The Bertz CT molecular complexity index is 4960. The minimum Gasteiger partial charge on any atom is -0.183 e. The smallest absolute Gasteiger partial charge is 0.0897 e. The van der Waals surface area contributed by atoms with Crippen LogP contribution in [0.15, 0.2) is 700 Å². The van der Waals surface area contributed by atoms with Crippen LogP contribution in [0.25, 0.3) is 0 Å². The molecular formula is CH2IN135. The van der Waals surface area contributed by atoms with Gasteiger partial charge in [-0.15, -0.1) is 5.10 Å². The van der Waals surface area contributed by atoms with Gasteiger partial charge >= 0.3 is 0 Å². The van der Waals surface area contributed by atoms with E-state index in [1.54, 1.807) is 0 Å². The van der Waals surface area contributed by atoms with E-state index in [1.807, 2.05) is 22.6 Å². The molecule has 0 amide bonds. The standard InChI is InChI=1S/CH2IN135/c2-1-4-6-8-10-12-14-16-18-20-22-24-26-28-30-32-34-36-38-40-42-44-46-48-50-52-54-56-58-60-62-64-66-68-70-72-74-76-78-80-82-84-86-88-90-92-94-96-98-100-102-104-106-108-110-112-114-116-118-120-122-124-126-128-130-132-134-136-137-135-133-131-129-127-125-123-121-119-117-115-113-111-109-107-105-103-101-99-97-95-93-91-89-87-85-83-81-79-77-75-73-71-69-67-65-63-61-59-57-55-53-51-49-47-45-43-41-39-37-35-33-31-29-27-25-23-21-19-17-15-13-11-9-7-5-3/h1,3H. The summed E-state index contributed by atoms with van der Waals surface area (Å²) in [4.78, 5) is 0. The van der Waals surface area contributed by atoms with Gasteiger partial charge in [-0.2, -0.15) is 5.53 Å². The molecular weight excluding hydrogens is 2030 g/mol. The Balaban J connectivity index is 4.14. The largest absolute Gasteiger partial charge is 0.183 e. The van der Waals surface area contributed by atoms with Crippen molar-refractivity contribution in [3.63, 3.8) is 0 Å². The lowest BCUT2D eigenvalue weighted by Gasteiger charge is -1.71. The van der Waals surface area contributed by atoms with E-state index in [4.69, 9.17) is 5.53 Å². The van der Waals surface area contributed by atoms with Gasteiger partial charge in [-0.1, -0.05) is 0 Å². The summed E-state index contributed by atoms with van der Waals surface area (Å²) in [5, 5.41) is 402. The third-order valence-corrected chi connectivity index (χ3v) is 5.63. The highest BCUT2D eigenvalue weighted by Crippen LogP contribution is 2.02. The van der Waals surface area contributed by atoms with Crippen molar-refractivity contribution >= 4 is 26.8 Å². The van der Waals surface area contributed by atoms with E-state index in [9.17, 15) is 0 Å². The van der Waals surface area contributed by atoms with Gasteiger partial charge in [0.05, 0.1) is 4.22 Å². The molecule has 0 bridgehead atoms. The molecule has 0 fully saturated rings. The van der Waals surface area contributed by atoms with Gasteiger partial charge in [0.25, 0.3) is 0 Å². The van der Waals surface area contributed by atoms with Crippen LogP contribution in [0, 0.1) is 5.53 Å². The molecule has 0 unspecified atom stereocenters. The molecule has 0 aliphatic heterocycles. The minimum atomic E-state index is 1.33. The lowest BCUT2D eigenvalue weighted by Crippen LogP contribution is -1.52. The summed E-state index contributed by atoms with van der Waals surface area (Å²) in [7, 11) is 0. The number of hydrogen-bond acceptors (Lipinski definition) is 2. The number of halogens is 1. The molecule has 0 heterocycles. The molecule has 0 spiro atoms. The number of rotatable bonds is 67. The van der Waals surface area contributed by atoms with Crippen LogP contribution in [0.1, 0.15) is 0 Å². The van der Waals surface area contributed by atoms with Crippen LogP contribution < -0.4 is 0 Å². The van der Waals surface area contributed by atoms with Crippen molar-refractivity contribution in [3.05, 3.63) is 0 Å². The Morgan fingerprint density at radius 1 is 0.0730 bits per heavy atom. The van der Waals surface area contributed by atoms with Crippen LogP contribution in [-0.2, 0) is 0 Å². The average molecular weight is 2030 g/mol. The van der Waals surface area contributed by atoms with E-state index >= 15 is 0 Å². The van der Waals surface area contributed by atoms with E-state index < -0.39 is 0 Å². The van der Waals surface area contributed by atoms with Gasteiger partial charge < -0.3 is 0 Å². The molecule has 136 heteroatoms. The number of nitrogens with one attached hydrogen (secondary N) is 1. The summed E-state index contributed by atoms with van der Waals surface area (Å²) >= 11 is 1.81. The first-order valence-corrected chi connectivity index (χ1v) is 28.5. The Morgan fingerprint density at radius 2 is 0.117 bits per heavy atom. The van der Waals surface area contributed by atoms with Crippen LogP contribution in [-0.4, -0.2) is 4.22 Å². The fourth-order valence-corrected chi connectivity index (χ4v) is 2.50. The topological polar surface area (TPSA) is 1680 Å². The molecule has 135 nitrogen and oxygen atoms in total. The highest BCUT2D eigenvalue weighted by atomic mass is 127. The molecule has 0 saturated heterocycles. The molecule has 0 aromatic rings. The van der Waals surface area contributed by atoms with Crippen molar-refractivity contribution in [1.29, 1.82) is 5.53 Å². The zero-order valence-electron chi connectivity index (χ0n) is 61.4. The second-order valence-corrected chi connectivity index (χ2v) is 12.7. The highest BCUT2D eigenvalue weighted by molar-refractivity contribution is 14.1. The zero-order chi connectivity index (χ0) is 97.5. The van der Waals surface area contributed by atoms with Crippen LogP contribution in [0.5, 0.6) is 0 Å². The number of nitrogens with zero attached hydrogens (tertiary/aromatic N) is 134. The highest BCUT2D eigenvalue weighted by Gasteiger charge is 1.84. The second kappa shape index (κ2) is 110. The van der Waals surface area contributed by atoms with Gasteiger partial charge in [-0.05, 0) is 106 Å². The Labute approximate surface area is 731 Å². The minimum absolute atomic E-state index is 1.33. The Hall–Kier alpha value is -26.4. The number of hydrogen-bond donors (Lipinski definition) is 1. The first-order chi connectivity index (χ1) is 68.4. The lowest BCUT2D eigenvalue weighted by atomic mass is 11.7. The van der Waals surface area contributed by atoms with Crippen molar-refractivity contribution in [2.24, 2.45) is 700 Å². The summed E-state index contributed by atoms with van der Waals surface area (Å²) in [6.45, 7) is 0. The molecule has 0 aliphatic carbocycles. The summed E-state index contributed by atoms with van der Waals surface area (Å²) < 4.78 is 1.33. The van der Waals surface area contributed by atoms with Crippen molar-refractivity contribution in [1.82, 2.24) is 0 Å². The SMILES string of the molecule is N=NN=NN=NN=NN=NN=NN=NN=NN=NN=NN=NN=NN=NN=NN=NN=NN=NN=NN=NN=NN=NN=NN=NN=NN=NN=NN=NN=NN=NN=NN=NN=NN=NN=NN=NN=NN=NN=NN=NN=NN=NN=NN=NN=NN=NN=NN=NN=NN=NN=NN=NN=NN=NN=NN=NN=NN=NN=NN=NN=NN=NN=NN=NN=NN=NN=NN=NN=CI. The fourth-order valence-electron chi connectivity index (χ4n) is 2.39. The van der Waals surface area contributed by atoms with Gasteiger partial charge in [0, 0.05) is 611 Å². The summed E-state index contributed by atoms with van der Waals surface area (Å²) in [6, 6.07) is 0. The van der Waals surface area contributed by atoms with Gasteiger partial charge in [-0.25, -0.2) is 0 Å². The Kier molecular flexibility index (Phi) is 88.5. The third kappa shape index (κ3) is 110. The van der Waals surface area contributed by atoms with Crippen molar-refractivity contribution < 1.29 is 0 Å². The molecule has 0 aliphatic rings. The average Bonchev–Trinajstić information content (AvgIpc) is 1.11. The fraction of sp³-hybridized carbons (Fsp3) is 0. The van der Waals surface area contributed by atoms with Crippen LogP contribution >= 0.6 is 22.6 Å². The van der Waals surface area contributed by atoms with E-state index in [2.05, 4.69) is 700 Å². The molecule has 0 atom stereocenters. The zero-order valence-corrected chi connectivity index (χ0v) is 63.5. The van der Waals surface area contributed by atoms with E-state index in [0.29, 0.717) is 0 Å². The molecule has 0 radical (unpaired) electrons. The summed E-state index contributed by atoms with van der Waals surface area (Å²) in [6.07, 6.45) is 0. The monoisotopic (exact) mass is 2030 g/mol. The molecule has 0 aromatic carbocycles.